The fourth-order valence-electron chi connectivity index (χ4n) is 3.38. The zero-order chi connectivity index (χ0) is 26.1. The fraction of sp³-hybridized carbons (Fsp3) is 0.276. The smallest absolute Gasteiger partial charge is 0.338 e. The third-order valence-corrected chi connectivity index (χ3v) is 5.59. The fourth-order valence-corrected chi connectivity index (χ4v) is 3.38. The van der Waals surface area contributed by atoms with Crippen LogP contribution in [-0.2, 0) is 19.1 Å². The Morgan fingerprint density at radius 3 is 2.11 bits per heavy atom. The molecule has 0 radical (unpaired) electrons. The summed E-state index contributed by atoms with van der Waals surface area (Å²) in [5.74, 6) is -0.599. The summed E-state index contributed by atoms with van der Waals surface area (Å²) in [5.41, 5.74) is 1.51. The van der Waals surface area contributed by atoms with Gasteiger partial charge in [-0.25, -0.2) is 9.59 Å². The predicted molar refractivity (Wildman–Crippen MR) is 136 cm³/mol. The summed E-state index contributed by atoms with van der Waals surface area (Å²) in [4.78, 5) is 36.2. The highest BCUT2D eigenvalue weighted by molar-refractivity contribution is 5.91. The molecule has 7 heteroatoms. The first kappa shape index (κ1) is 26.5. The number of methoxy groups -OCH3 is 1. The SMILES string of the molecule is C=C(C)C(=O)Oc1ccc(C(=O)OCCCCOC(=O)C(C)c2ccc3cc(OC)ccc3c2)cc1. The van der Waals surface area contributed by atoms with Gasteiger partial charge in [-0.2, -0.15) is 0 Å². The minimum atomic E-state index is -0.529. The van der Waals surface area contributed by atoms with E-state index in [1.807, 2.05) is 43.3 Å². The van der Waals surface area contributed by atoms with Gasteiger partial charge >= 0.3 is 17.9 Å². The topological polar surface area (TPSA) is 88.1 Å². The second-order valence-corrected chi connectivity index (χ2v) is 8.40. The number of unbranched alkanes of at least 4 members (excludes halogenated alkanes) is 1. The maximum absolute atomic E-state index is 12.5. The van der Waals surface area contributed by atoms with Gasteiger partial charge in [-0.05, 0) is 79.4 Å². The molecule has 0 aliphatic carbocycles. The highest BCUT2D eigenvalue weighted by Gasteiger charge is 2.17. The van der Waals surface area contributed by atoms with Crippen molar-refractivity contribution in [2.75, 3.05) is 20.3 Å². The number of hydrogen-bond donors (Lipinski definition) is 0. The summed E-state index contributed by atoms with van der Waals surface area (Å²) >= 11 is 0. The Balaban J connectivity index is 1.37. The molecule has 0 saturated heterocycles. The van der Waals surface area contributed by atoms with Gasteiger partial charge in [-0.3, -0.25) is 4.79 Å². The number of esters is 3. The van der Waals surface area contributed by atoms with Crippen molar-refractivity contribution in [1.82, 2.24) is 0 Å². The molecule has 188 valence electrons. The average molecular weight is 491 g/mol. The molecule has 3 aromatic rings. The van der Waals surface area contributed by atoms with Crippen LogP contribution >= 0.6 is 0 Å². The van der Waals surface area contributed by atoms with Crippen LogP contribution in [0.5, 0.6) is 11.5 Å². The highest BCUT2D eigenvalue weighted by Crippen LogP contribution is 2.26. The molecular formula is C29H30O7. The van der Waals surface area contributed by atoms with E-state index in [9.17, 15) is 14.4 Å². The van der Waals surface area contributed by atoms with E-state index in [2.05, 4.69) is 6.58 Å². The first-order chi connectivity index (χ1) is 17.3. The van der Waals surface area contributed by atoms with E-state index < -0.39 is 17.9 Å². The first-order valence-corrected chi connectivity index (χ1v) is 11.7. The molecule has 1 atom stereocenters. The van der Waals surface area contributed by atoms with Gasteiger partial charge in [0.15, 0.2) is 0 Å². The molecule has 0 fully saturated rings. The minimum absolute atomic E-state index is 0.201. The van der Waals surface area contributed by atoms with Crippen LogP contribution in [0, 0.1) is 0 Å². The zero-order valence-electron chi connectivity index (χ0n) is 20.7. The summed E-state index contributed by atoms with van der Waals surface area (Å²) in [5, 5.41) is 2.06. The van der Waals surface area contributed by atoms with Crippen molar-refractivity contribution in [3.8, 4) is 11.5 Å². The predicted octanol–water partition coefficient (Wildman–Crippen LogP) is 5.61. The Hall–Kier alpha value is -4.13. The number of carbonyl (C=O) groups excluding carboxylic acids is 3. The molecule has 1 unspecified atom stereocenters. The summed E-state index contributed by atoms with van der Waals surface area (Å²) in [6.45, 7) is 7.34. The van der Waals surface area contributed by atoms with Crippen LogP contribution in [0.1, 0.15) is 48.5 Å². The van der Waals surface area contributed by atoms with E-state index in [1.165, 1.54) is 24.3 Å². The van der Waals surface area contributed by atoms with E-state index in [0.717, 1.165) is 22.1 Å². The number of benzene rings is 3. The third-order valence-electron chi connectivity index (χ3n) is 5.59. The normalized spacial score (nSPS) is 11.4. The average Bonchev–Trinajstić information content (AvgIpc) is 2.89. The number of fused-ring (bicyclic) bond motifs is 1. The highest BCUT2D eigenvalue weighted by atomic mass is 16.5. The molecule has 3 aromatic carbocycles. The number of hydrogen-bond acceptors (Lipinski definition) is 7. The van der Waals surface area contributed by atoms with E-state index in [0.29, 0.717) is 24.2 Å². The number of rotatable bonds is 11. The summed E-state index contributed by atoms with van der Waals surface area (Å²) in [6.07, 6.45) is 1.12. The van der Waals surface area contributed by atoms with Crippen LogP contribution in [0.25, 0.3) is 10.8 Å². The third kappa shape index (κ3) is 7.18. The second kappa shape index (κ2) is 12.5. The van der Waals surface area contributed by atoms with Crippen molar-refractivity contribution < 1.29 is 33.3 Å². The van der Waals surface area contributed by atoms with Crippen LogP contribution in [0.15, 0.2) is 72.8 Å². The summed E-state index contributed by atoms with van der Waals surface area (Å²) in [6, 6.07) is 17.8. The Morgan fingerprint density at radius 2 is 1.44 bits per heavy atom. The summed E-state index contributed by atoms with van der Waals surface area (Å²) in [7, 11) is 1.63. The van der Waals surface area contributed by atoms with Crippen molar-refractivity contribution >= 4 is 28.7 Å². The van der Waals surface area contributed by atoms with E-state index >= 15 is 0 Å². The van der Waals surface area contributed by atoms with Gasteiger partial charge < -0.3 is 18.9 Å². The molecule has 36 heavy (non-hydrogen) atoms. The molecular weight excluding hydrogens is 460 g/mol. The molecule has 0 spiro atoms. The van der Waals surface area contributed by atoms with Crippen LogP contribution in [0.3, 0.4) is 0 Å². The molecule has 0 N–H and O–H groups in total. The van der Waals surface area contributed by atoms with Crippen molar-refractivity contribution in [2.45, 2.75) is 32.6 Å². The molecule has 0 aliphatic heterocycles. The van der Waals surface area contributed by atoms with Gasteiger partial charge in [-0.15, -0.1) is 0 Å². The molecule has 7 nitrogen and oxygen atoms in total. The monoisotopic (exact) mass is 490 g/mol. The Kier molecular flexibility index (Phi) is 9.22. The Labute approximate surface area is 210 Å². The maximum Gasteiger partial charge on any atom is 0.338 e. The molecule has 0 bridgehead atoms. The lowest BCUT2D eigenvalue weighted by Crippen LogP contribution is -2.14. The Bertz CT molecular complexity index is 1240. The largest absolute Gasteiger partial charge is 0.497 e. The second-order valence-electron chi connectivity index (χ2n) is 8.40. The van der Waals surface area contributed by atoms with Crippen molar-refractivity contribution in [3.63, 3.8) is 0 Å². The van der Waals surface area contributed by atoms with E-state index in [-0.39, 0.29) is 24.8 Å². The molecule has 0 saturated carbocycles. The van der Waals surface area contributed by atoms with Gasteiger partial charge in [0.05, 0.1) is 31.8 Å². The maximum atomic E-state index is 12.5. The quantitative estimate of drug-likeness (QED) is 0.149. The molecule has 0 aliphatic rings. The lowest BCUT2D eigenvalue weighted by atomic mass is 9.98. The van der Waals surface area contributed by atoms with Gasteiger partial charge in [0.1, 0.15) is 11.5 Å². The lowest BCUT2D eigenvalue weighted by Gasteiger charge is -2.13. The molecule has 0 amide bonds. The summed E-state index contributed by atoms with van der Waals surface area (Å²) < 4.78 is 21.0. The van der Waals surface area contributed by atoms with Crippen LogP contribution in [0.2, 0.25) is 0 Å². The molecule has 0 aromatic heterocycles. The van der Waals surface area contributed by atoms with E-state index in [4.69, 9.17) is 18.9 Å². The van der Waals surface area contributed by atoms with Crippen molar-refractivity contribution in [1.29, 1.82) is 0 Å². The standard InChI is InChI=1S/C29H30O7/c1-19(2)27(30)36-25-12-9-21(10-13-25)29(32)35-16-6-5-15-34-28(31)20(3)22-7-8-24-18-26(33-4)14-11-23(24)17-22/h7-14,17-18,20H,1,5-6,15-16H2,2-4H3. The van der Waals surface area contributed by atoms with Crippen molar-refractivity contribution in [3.05, 3.63) is 83.9 Å². The molecule has 3 rings (SSSR count). The van der Waals surface area contributed by atoms with E-state index in [1.54, 1.807) is 14.0 Å². The van der Waals surface area contributed by atoms with Gasteiger partial charge in [-0.1, -0.05) is 30.8 Å². The van der Waals surface area contributed by atoms with Crippen LogP contribution in [-0.4, -0.2) is 38.2 Å². The van der Waals surface area contributed by atoms with Crippen LogP contribution < -0.4 is 9.47 Å². The van der Waals surface area contributed by atoms with Crippen molar-refractivity contribution in [2.24, 2.45) is 0 Å². The van der Waals surface area contributed by atoms with Gasteiger partial charge in [0.25, 0.3) is 0 Å². The van der Waals surface area contributed by atoms with Gasteiger partial charge in [0, 0.05) is 5.57 Å². The number of ether oxygens (including phenoxy) is 4. The van der Waals surface area contributed by atoms with Gasteiger partial charge in [0.2, 0.25) is 0 Å². The number of carbonyl (C=O) groups is 3. The van der Waals surface area contributed by atoms with Crippen LogP contribution in [0.4, 0.5) is 0 Å². The zero-order valence-corrected chi connectivity index (χ0v) is 20.7. The molecule has 0 heterocycles. The first-order valence-electron chi connectivity index (χ1n) is 11.7. The Morgan fingerprint density at radius 1 is 0.833 bits per heavy atom. The lowest BCUT2D eigenvalue weighted by molar-refractivity contribution is -0.145. The minimum Gasteiger partial charge on any atom is -0.497 e.